The molecule has 2 rings (SSSR count). The zero-order valence-corrected chi connectivity index (χ0v) is 16.1. The SMILES string of the molecule is CCNC(=O)[C@H](C)NC(=O)CSc1nn(-c2ccc(F)cc2)c(=S)s1. The van der Waals surface area contributed by atoms with E-state index in [0.717, 1.165) is 0 Å². The maximum absolute atomic E-state index is 13.0. The normalized spacial score (nSPS) is 11.8. The van der Waals surface area contributed by atoms with Crippen LogP contribution in [0.3, 0.4) is 0 Å². The van der Waals surface area contributed by atoms with Crippen LogP contribution in [0.2, 0.25) is 0 Å². The van der Waals surface area contributed by atoms with Crippen LogP contribution in [0.1, 0.15) is 13.8 Å². The van der Waals surface area contributed by atoms with Crippen LogP contribution in [0.5, 0.6) is 0 Å². The van der Waals surface area contributed by atoms with Crippen LogP contribution in [-0.4, -0.2) is 39.9 Å². The summed E-state index contributed by atoms with van der Waals surface area (Å²) >= 11 is 7.75. The second-order valence-electron chi connectivity index (χ2n) is 4.99. The second-order valence-corrected chi connectivity index (χ2v) is 7.84. The molecule has 2 aromatic rings. The summed E-state index contributed by atoms with van der Waals surface area (Å²) in [5.74, 6) is -0.705. The number of carbonyl (C=O) groups is 2. The Bertz CT molecular complexity index is 804. The summed E-state index contributed by atoms with van der Waals surface area (Å²) in [6.07, 6.45) is 0. The van der Waals surface area contributed by atoms with E-state index in [-0.39, 0.29) is 23.4 Å². The lowest BCUT2D eigenvalue weighted by molar-refractivity contribution is -0.127. The summed E-state index contributed by atoms with van der Waals surface area (Å²) in [7, 11) is 0. The van der Waals surface area contributed by atoms with Crippen molar-refractivity contribution in [2.45, 2.75) is 24.2 Å². The highest BCUT2D eigenvalue weighted by molar-refractivity contribution is 8.01. The smallest absolute Gasteiger partial charge is 0.242 e. The lowest BCUT2D eigenvalue weighted by Crippen LogP contribution is -2.45. The van der Waals surface area contributed by atoms with E-state index in [9.17, 15) is 14.0 Å². The Hall–Kier alpha value is -1.78. The summed E-state index contributed by atoms with van der Waals surface area (Å²) in [5, 5.41) is 9.60. The van der Waals surface area contributed by atoms with Gasteiger partial charge in [-0.05, 0) is 50.3 Å². The molecule has 1 heterocycles. The topological polar surface area (TPSA) is 76.0 Å². The molecular formula is C15H17FN4O2S3. The van der Waals surface area contributed by atoms with E-state index in [1.54, 1.807) is 19.1 Å². The predicted octanol–water partition coefficient (Wildman–Crippen LogP) is 2.54. The fraction of sp³-hybridized carbons (Fsp3) is 0.333. The summed E-state index contributed by atoms with van der Waals surface area (Å²) in [4.78, 5) is 23.5. The van der Waals surface area contributed by atoms with Crippen LogP contribution >= 0.6 is 35.3 Å². The lowest BCUT2D eigenvalue weighted by atomic mass is 10.3. The maximum atomic E-state index is 13.0. The van der Waals surface area contributed by atoms with E-state index >= 15 is 0 Å². The molecule has 0 radical (unpaired) electrons. The highest BCUT2D eigenvalue weighted by Crippen LogP contribution is 2.24. The minimum Gasteiger partial charge on any atom is -0.355 e. The van der Waals surface area contributed by atoms with E-state index in [4.69, 9.17) is 12.2 Å². The Morgan fingerprint density at radius 3 is 2.72 bits per heavy atom. The number of thioether (sulfide) groups is 1. The third-order valence-electron chi connectivity index (χ3n) is 3.05. The Morgan fingerprint density at radius 1 is 1.40 bits per heavy atom. The first-order chi connectivity index (χ1) is 11.9. The van der Waals surface area contributed by atoms with Gasteiger partial charge in [0.15, 0.2) is 8.29 Å². The zero-order valence-electron chi connectivity index (χ0n) is 13.6. The van der Waals surface area contributed by atoms with Crippen molar-refractivity contribution in [2.24, 2.45) is 0 Å². The third kappa shape index (κ3) is 5.62. The number of amides is 2. The lowest BCUT2D eigenvalue weighted by Gasteiger charge is -2.12. The van der Waals surface area contributed by atoms with Crippen molar-refractivity contribution in [1.82, 2.24) is 20.4 Å². The molecule has 0 aliphatic rings. The van der Waals surface area contributed by atoms with Crippen LogP contribution in [0.4, 0.5) is 4.39 Å². The summed E-state index contributed by atoms with van der Waals surface area (Å²) in [6.45, 7) is 3.95. The number of halogens is 1. The average Bonchev–Trinajstić information content (AvgIpc) is 2.95. The van der Waals surface area contributed by atoms with Gasteiger partial charge >= 0.3 is 0 Å². The Labute approximate surface area is 157 Å². The van der Waals surface area contributed by atoms with Crippen molar-refractivity contribution < 1.29 is 14.0 Å². The molecule has 25 heavy (non-hydrogen) atoms. The molecule has 2 N–H and O–H groups in total. The third-order valence-corrected chi connectivity index (χ3v) is 5.41. The van der Waals surface area contributed by atoms with Crippen molar-refractivity contribution >= 4 is 47.1 Å². The first-order valence-corrected chi connectivity index (χ1v) is 9.67. The Balaban J connectivity index is 1.94. The fourth-order valence-electron chi connectivity index (χ4n) is 1.87. The number of benzene rings is 1. The van der Waals surface area contributed by atoms with Gasteiger partial charge in [0, 0.05) is 6.54 Å². The predicted molar refractivity (Wildman–Crippen MR) is 99.2 cm³/mol. The van der Waals surface area contributed by atoms with Crippen molar-refractivity contribution in [1.29, 1.82) is 0 Å². The van der Waals surface area contributed by atoms with Gasteiger partial charge in [0.25, 0.3) is 0 Å². The highest BCUT2D eigenvalue weighted by atomic mass is 32.2. The van der Waals surface area contributed by atoms with Crippen LogP contribution in [0, 0.1) is 9.77 Å². The van der Waals surface area contributed by atoms with Gasteiger partial charge in [0.1, 0.15) is 11.9 Å². The van der Waals surface area contributed by atoms with E-state index in [2.05, 4.69) is 15.7 Å². The number of carbonyl (C=O) groups excluding carboxylic acids is 2. The van der Waals surface area contributed by atoms with E-state index < -0.39 is 6.04 Å². The standard InChI is InChI=1S/C15H17FN4O2S3/c1-3-17-13(22)9(2)18-12(21)8-24-14-19-20(15(23)25-14)11-6-4-10(16)5-7-11/h4-7,9H,3,8H2,1-2H3,(H,17,22)(H,18,21)/t9-/m0/s1. The largest absolute Gasteiger partial charge is 0.355 e. The first kappa shape index (κ1) is 19.5. The van der Waals surface area contributed by atoms with Crippen molar-refractivity contribution in [3.8, 4) is 5.69 Å². The molecule has 0 aliphatic carbocycles. The van der Waals surface area contributed by atoms with Gasteiger partial charge in [0.2, 0.25) is 11.8 Å². The van der Waals surface area contributed by atoms with Crippen molar-refractivity contribution in [3.05, 3.63) is 34.0 Å². The molecule has 6 nitrogen and oxygen atoms in total. The van der Waals surface area contributed by atoms with Gasteiger partial charge in [-0.2, -0.15) is 0 Å². The molecule has 10 heteroatoms. The molecule has 1 aromatic carbocycles. The molecular weight excluding hydrogens is 383 g/mol. The molecule has 0 saturated carbocycles. The van der Waals surface area contributed by atoms with Crippen LogP contribution in [0.25, 0.3) is 5.69 Å². The molecule has 0 fully saturated rings. The number of hydrogen-bond acceptors (Lipinski definition) is 6. The average molecular weight is 401 g/mol. The minimum absolute atomic E-state index is 0.120. The van der Waals surface area contributed by atoms with Crippen LogP contribution in [0.15, 0.2) is 28.6 Å². The Kier molecular flexibility index (Phi) is 7.09. The van der Waals surface area contributed by atoms with Gasteiger partial charge < -0.3 is 10.6 Å². The number of rotatable bonds is 7. The zero-order chi connectivity index (χ0) is 18.4. The van der Waals surface area contributed by atoms with Gasteiger partial charge in [-0.15, -0.1) is 5.10 Å². The van der Waals surface area contributed by atoms with Gasteiger partial charge in [-0.25, -0.2) is 9.07 Å². The van der Waals surface area contributed by atoms with E-state index in [1.165, 1.54) is 39.9 Å². The summed E-state index contributed by atoms with van der Waals surface area (Å²) < 4.78 is 15.6. The molecule has 134 valence electrons. The van der Waals surface area contributed by atoms with Crippen LogP contribution < -0.4 is 10.6 Å². The minimum atomic E-state index is -0.594. The van der Waals surface area contributed by atoms with Gasteiger partial charge in [-0.1, -0.05) is 23.1 Å². The second kappa shape index (κ2) is 9.07. The number of aromatic nitrogens is 2. The van der Waals surface area contributed by atoms with E-state index in [0.29, 0.717) is 20.5 Å². The van der Waals surface area contributed by atoms with Crippen molar-refractivity contribution in [3.63, 3.8) is 0 Å². The van der Waals surface area contributed by atoms with Gasteiger partial charge in [-0.3, -0.25) is 9.59 Å². The van der Waals surface area contributed by atoms with Gasteiger partial charge in [0.05, 0.1) is 11.4 Å². The summed E-state index contributed by atoms with van der Waals surface area (Å²) in [6, 6.07) is 5.24. The first-order valence-electron chi connectivity index (χ1n) is 7.46. The number of hydrogen-bond donors (Lipinski definition) is 2. The molecule has 1 aromatic heterocycles. The Morgan fingerprint density at radius 2 is 2.08 bits per heavy atom. The number of nitrogens with zero attached hydrogens (tertiary/aromatic N) is 2. The molecule has 0 unspecified atom stereocenters. The quantitative estimate of drug-likeness (QED) is 0.552. The van der Waals surface area contributed by atoms with E-state index in [1.807, 2.05) is 6.92 Å². The van der Waals surface area contributed by atoms with Crippen molar-refractivity contribution in [2.75, 3.05) is 12.3 Å². The molecule has 2 amide bonds. The molecule has 0 bridgehead atoms. The molecule has 1 atom stereocenters. The highest BCUT2D eigenvalue weighted by Gasteiger charge is 2.15. The molecule has 0 saturated heterocycles. The maximum Gasteiger partial charge on any atom is 0.242 e. The molecule has 0 spiro atoms. The van der Waals surface area contributed by atoms with Crippen LogP contribution in [-0.2, 0) is 9.59 Å². The summed E-state index contributed by atoms with van der Waals surface area (Å²) in [5.41, 5.74) is 0.656. The number of likely N-dealkylation sites (N-methyl/N-ethyl adjacent to an activating group) is 1. The monoisotopic (exact) mass is 400 g/mol. The number of nitrogens with one attached hydrogen (secondary N) is 2. The molecule has 0 aliphatic heterocycles. The fourth-order valence-corrected chi connectivity index (χ4v) is 4.04.